The van der Waals surface area contributed by atoms with E-state index in [0.717, 1.165) is 18.9 Å². The lowest BCUT2D eigenvalue weighted by Crippen LogP contribution is -2.15. The van der Waals surface area contributed by atoms with E-state index in [1.165, 1.54) is 4.68 Å². The number of allylic oxidation sites excluding steroid dienone is 4. The molecule has 1 aromatic heterocycles. The summed E-state index contributed by atoms with van der Waals surface area (Å²) in [5, 5.41) is 6.47. The fraction of sp³-hybridized carbons (Fsp3) is 0.286. The van der Waals surface area contributed by atoms with Gasteiger partial charge in [0.15, 0.2) is 5.69 Å². The molecule has 1 aromatic carbocycles. The molecule has 0 saturated heterocycles. The van der Waals surface area contributed by atoms with Crippen LogP contribution in [0.2, 0.25) is 0 Å². The quantitative estimate of drug-likeness (QED) is 0.439. The van der Waals surface area contributed by atoms with E-state index in [0.29, 0.717) is 22.8 Å². The van der Waals surface area contributed by atoms with Crippen molar-refractivity contribution in [3.05, 3.63) is 66.0 Å². The van der Waals surface area contributed by atoms with Gasteiger partial charge in [-0.15, -0.1) is 0 Å². The number of amides is 1. The first kappa shape index (κ1) is 21.8. The molecule has 9 heteroatoms. The number of carbonyl (C=O) groups is 1. The molecule has 2 aromatic rings. The summed E-state index contributed by atoms with van der Waals surface area (Å²) in [4.78, 5) is 12.2. The van der Waals surface area contributed by atoms with Gasteiger partial charge in [0.25, 0.3) is 0 Å². The van der Waals surface area contributed by atoms with Crippen molar-refractivity contribution in [1.82, 2.24) is 9.78 Å². The van der Waals surface area contributed by atoms with Gasteiger partial charge in [-0.2, -0.15) is 22.8 Å². The van der Waals surface area contributed by atoms with Gasteiger partial charge < -0.3 is 5.32 Å². The Morgan fingerprint density at radius 3 is 2.57 bits per heavy atom. The molecule has 1 fully saturated rings. The number of anilines is 1. The van der Waals surface area contributed by atoms with E-state index in [1.54, 1.807) is 42.5 Å². The van der Waals surface area contributed by atoms with E-state index < -0.39 is 11.9 Å². The Bertz CT molecular complexity index is 987. The minimum absolute atomic E-state index is 0.0147. The zero-order valence-electron chi connectivity index (χ0n) is 16.2. The van der Waals surface area contributed by atoms with Gasteiger partial charge in [-0.25, -0.2) is 4.68 Å². The van der Waals surface area contributed by atoms with Gasteiger partial charge in [0.05, 0.1) is 17.8 Å². The lowest BCUT2D eigenvalue weighted by atomic mass is 10.2. The zero-order chi connectivity index (χ0) is 21.7. The van der Waals surface area contributed by atoms with E-state index >= 15 is 0 Å². The molecule has 0 bridgehead atoms. The second-order valence-electron chi connectivity index (χ2n) is 6.87. The minimum Gasteiger partial charge on any atom is -0.326 e. The smallest absolute Gasteiger partial charge is 0.326 e. The Kier molecular flexibility index (Phi) is 6.77. The number of hydrogen-bond donors (Lipinski definition) is 1. The second-order valence-corrected chi connectivity index (χ2v) is 7.04. The van der Waals surface area contributed by atoms with Crippen molar-refractivity contribution in [3.8, 4) is 5.69 Å². The summed E-state index contributed by atoms with van der Waals surface area (Å²) in [5.41, 5.74) is 1.05. The summed E-state index contributed by atoms with van der Waals surface area (Å²) in [5.74, 6) is -0.221. The van der Waals surface area contributed by atoms with Crippen LogP contribution in [0.4, 0.5) is 18.9 Å². The van der Waals surface area contributed by atoms with Crippen LogP contribution in [0.1, 0.15) is 43.5 Å². The third-order valence-electron chi connectivity index (χ3n) is 4.46. The van der Waals surface area contributed by atoms with Crippen LogP contribution in [0.5, 0.6) is 0 Å². The zero-order valence-corrected chi connectivity index (χ0v) is 16.9. The van der Waals surface area contributed by atoms with Gasteiger partial charge in [0.1, 0.15) is 0 Å². The number of benzene rings is 1. The number of hydrogen-bond acceptors (Lipinski definition) is 3. The molecule has 3 rings (SSSR count). The highest BCUT2D eigenvalue weighted by Gasteiger charge is 2.38. The molecular formula is C21H20ClF3N4O. The van der Waals surface area contributed by atoms with E-state index in [9.17, 15) is 18.0 Å². The fourth-order valence-corrected chi connectivity index (χ4v) is 2.98. The number of nitrogens with zero attached hydrogens (tertiary/aromatic N) is 3. The minimum atomic E-state index is -4.49. The van der Waals surface area contributed by atoms with Crippen molar-refractivity contribution >= 4 is 29.1 Å². The maximum Gasteiger partial charge on any atom is 0.435 e. The molecule has 1 N–H and O–H groups in total. The van der Waals surface area contributed by atoms with Crippen molar-refractivity contribution in [2.45, 2.75) is 38.3 Å². The van der Waals surface area contributed by atoms with Crippen LogP contribution in [0.3, 0.4) is 0 Å². The molecule has 0 radical (unpaired) electrons. The highest BCUT2D eigenvalue weighted by molar-refractivity contribution is 6.24. The molecule has 1 amide bonds. The number of alkyl halides is 3. The van der Waals surface area contributed by atoms with Crippen LogP contribution in [0, 0.1) is 0 Å². The third-order valence-corrected chi connectivity index (χ3v) is 4.68. The van der Waals surface area contributed by atoms with E-state index in [2.05, 4.69) is 14.9 Å². The average molecular weight is 437 g/mol. The average Bonchev–Trinajstić information content (AvgIpc) is 3.44. The van der Waals surface area contributed by atoms with Gasteiger partial charge in [0.2, 0.25) is 5.91 Å². The molecule has 5 nitrogen and oxygen atoms in total. The van der Waals surface area contributed by atoms with Crippen molar-refractivity contribution < 1.29 is 18.0 Å². The van der Waals surface area contributed by atoms with Crippen LogP contribution < -0.4 is 5.32 Å². The summed E-state index contributed by atoms with van der Waals surface area (Å²) < 4.78 is 44.1. The number of halogens is 4. The molecule has 1 heterocycles. The van der Waals surface area contributed by atoms with Gasteiger partial charge in [-0.3, -0.25) is 4.79 Å². The molecule has 0 atom stereocenters. The van der Waals surface area contributed by atoms with Crippen LogP contribution in [0.15, 0.2) is 59.1 Å². The monoisotopic (exact) mass is 436 g/mol. The molecule has 0 unspecified atom stereocenters. The van der Waals surface area contributed by atoms with E-state index in [1.807, 2.05) is 13.0 Å². The molecule has 0 spiro atoms. The lowest BCUT2D eigenvalue weighted by Gasteiger charge is -2.09. The maximum atomic E-state index is 13.1. The molecule has 158 valence electrons. The Balaban J connectivity index is 1.71. The largest absolute Gasteiger partial charge is 0.435 e. The summed E-state index contributed by atoms with van der Waals surface area (Å²) in [6.07, 6.45) is 4.16. The highest BCUT2D eigenvalue weighted by atomic mass is 35.5. The molecule has 1 aliphatic carbocycles. The first-order chi connectivity index (χ1) is 14.3. The Labute approximate surface area is 177 Å². The van der Waals surface area contributed by atoms with Gasteiger partial charge in [0, 0.05) is 29.1 Å². The molecule has 0 aliphatic heterocycles. The van der Waals surface area contributed by atoms with Crippen molar-refractivity contribution in [1.29, 1.82) is 0 Å². The van der Waals surface area contributed by atoms with Crippen molar-refractivity contribution in [2.75, 3.05) is 5.32 Å². The number of rotatable bonds is 7. The van der Waals surface area contributed by atoms with Crippen LogP contribution in [-0.2, 0) is 11.0 Å². The van der Waals surface area contributed by atoms with E-state index in [-0.39, 0.29) is 18.2 Å². The normalized spacial score (nSPS) is 15.3. The molecule has 1 aliphatic rings. The number of carbonyl (C=O) groups excluding carboxylic acids is 1. The van der Waals surface area contributed by atoms with Gasteiger partial charge >= 0.3 is 6.18 Å². The van der Waals surface area contributed by atoms with Crippen LogP contribution in [0.25, 0.3) is 5.69 Å². The number of aromatic nitrogens is 2. The van der Waals surface area contributed by atoms with Crippen molar-refractivity contribution in [2.24, 2.45) is 4.51 Å². The summed E-state index contributed by atoms with van der Waals surface area (Å²) in [6.45, 7) is 1.86. The maximum absolute atomic E-state index is 13.1. The van der Waals surface area contributed by atoms with Gasteiger partial charge in [-0.05, 0) is 56.2 Å². The predicted octanol–water partition coefficient (Wildman–Crippen LogP) is 5.82. The molecule has 1 saturated carbocycles. The Morgan fingerprint density at radius 2 is 2.00 bits per heavy atom. The van der Waals surface area contributed by atoms with E-state index in [4.69, 9.17) is 11.8 Å². The summed E-state index contributed by atoms with van der Waals surface area (Å²) in [6, 6.07) is 7.59. The fourth-order valence-electron chi connectivity index (χ4n) is 2.86. The Hall–Kier alpha value is -2.87. The lowest BCUT2D eigenvalue weighted by molar-refractivity contribution is -0.141. The SMILES string of the molecule is C/C=C\C=C/C(CC(=O)Nc1ccc(-n2nc(C(F)(F)F)cc2C2CC2)cc1)=NCl. The molecular weight excluding hydrogens is 417 g/mol. The van der Waals surface area contributed by atoms with Crippen LogP contribution in [-0.4, -0.2) is 21.4 Å². The first-order valence-electron chi connectivity index (χ1n) is 9.36. The predicted molar refractivity (Wildman–Crippen MR) is 111 cm³/mol. The second kappa shape index (κ2) is 9.30. The van der Waals surface area contributed by atoms with Crippen molar-refractivity contribution in [3.63, 3.8) is 0 Å². The van der Waals surface area contributed by atoms with Gasteiger partial charge in [-0.1, -0.05) is 18.2 Å². The molecule has 30 heavy (non-hydrogen) atoms. The number of nitrogens with one attached hydrogen (secondary N) is 1. The topological polar surface area (TPSA) is 59.3 Å². The third kappa shape index (κ3) is 5.60. The highest BCUT2D eigenvalue weighted by Crippen LogP contribution is 2.43. The standard InChI is InChI=1S/C21H20ClF3N4O/c1-2-3-4-5-16(27-22)12-20(30)26-15-8-10-17(11-9-15)29-18(14-6-7-14)13-19(28-29)21(23,24)25/h2-5,8-11,13-14H,6-7,12H2,1H3,(H,26,30)/b3-2-,5-4-,27-16?. The first-order valence-corrected chi connectivity index (χ1v) is 9.70. The summed E-state index contributed by atoms with van der Waals surface area (Å²) in [7, 11) is 0. The Morgan fingerprint density at radius 1 is 1.30 bits per heavy atom. The summed E-state index contributed by atoms with van der Waals surface area (Å²) >= 11 is 5.50. The van der Waals surface area contributed by atoms with Crippen LogP contribution >= 0.6 is 11.8 Å².